The number of amides is 3. The van der Waals surface area contributed by atoms with E-state index in [1.165, 1.54) is 11.3 Å². The largest absolute Gasteiger partial charge is 0.353 e. The van der Waals surface area contributed by atoms with E-state index in [9.17, 15) is 14.4 Å². The highest BCUT2D eigenvalue weighted by Gasteiger charge is 2.54. The molecule has 2 aromatic carbocycles. The molecule has 3 amide bonds. The third-order valence-corrected chi connectivity index (χ3v) is 7.89. The molecule has 36 heavy (non-hydrogen) atoms. The molecule has 1 aromatic heterocycles. The number of benzene rings is 2. The van der Waals surface area contributed by atoms with Gasteiger partial charge < -0.3 is 15.0 Å². The van der Waals surface area contributed by atoms with Crippen molar-refractivity contribution < 1.29 is 19.1 Å². The van der Waals surface area contributed by atoms with Crippen LogP contribution in [0, 0.1) is 6.92 Å². The molecule has 0 aliphatic carbocycles. The summed E-state index contributed by atoms with van der Waals surface area (Å²) in [6.45, 7) is 3.29. The van der Waals surface area contributed by atoms with E-state index < -0.39 is 11.8 Å². The van der Waals surface area contributed by atoms with Gasteiger partial charge in [0.2, 0.25) is 5.91 Å². The Balaban J connectivity index is 1.38. The van der Waals surface area contributed by atoms with Crippen LogP contribution in [0.15, 0.2) is 72.1 Å². The monoisotopic (exact) mass is 503 g/mol. The molecular weight excluding hydrogens is 474 g/mol. The number of nitrogens with one attached hydrogen (secondary N) is 1. The number of thiophene rings is 1. The third kappa shape index (κ3) is 4.66. The zero-order valence-electron chi connectivity index (χ0n) is 20.2. The topological polar surface area (TPSA) is 79.0 Å². The van der Waals surface area contributed by atoms with Gasteiger partial charge in [-0.15, -0.1) is 11.3 Å². The fraction of sp³-hybridized carbons (Fsp3) is 0.321. The van der Waals surface area contributed by atoms with E-state index >= 15 is 0 Å². The van der Waals surface area contributed by atoms with Gasteiger partial charge in [0, 0.05) is 38.0 Å². The standard InChI is InChI=1S/C28H29N3O4S/c1-20-8-5-6-11-22(20)26(33)31-23(25(32)29-18-21-9-3-2-4-10-21)19-35-28(31)13-15-30(16-14-28)27(34)24-12-7-17-36-24/h2-12,17,23H,13-16,18-19H2,1H3,(H,29,32). The molecular formula is C28H29N3O4S. The summed E-state index contributed by atoms with van der Waals surface area (Å²) in [7, 11) is 0. The molecule has 186 valence electrons. The van der Waals surface area contributed by atoms with Crippen molar-refractivity contribution in [3.05, 3.63) is 93.7 Å². The Bertz CT molecular complexity index is 1240. The van der Waals surface area contributed by atoms with Gasteiger partial charge in [-0.05, 0) is 35.6 Å². The number of carbonyl (C=O) groups excluding carboxylic acids is 3. The Morgan fingerprint density at radius 2 is 1.69 bits per heavy atom. The average molecular weight is 504 g/mol. The summed E-state index contributed by atoms with van der Waals surface area (Å²) in [5, 5.41) is 4.87. The maximum absolute atomic E-state index is 13.9. The first kappa shape index (κ1) is 24.2. The van der Waals surface area contributed by atoms with Crippen LogP contribution in [0.25, 0.3) is 0 Å². The molecule has 2 aliphatic rings. The van der Waals surface area contributed by atoms with Crippen molar-refractivity contribution in [2.75, 3.05) is 19.7 Å². The van der Waals surface area contributed by atoms with Crippen molar-refractivity contribution in [3.8, 4) is 0 Å². The van der Waals surface area contributed by atoms with Crippen molar-refractivity contribution in [3.63, 3.8) is 0 Å². The van der Waals surface area contributed by atoms with Gasteiger partial charge in [0.25, 0.3) is 11.8 Å². The van der Waals surface area contributed by atoms with Gasteiger partial charge in [0.1, 0.15) is 11.8 Å². The number of hydrogen-bond donors (Lipinski definition) is 1. The Hall–Kier alpha value is -3.49. The molecule has 8 heteroatoms. The molecule has 1 spiro atoms. The number of hydrogen-bond acceptors (Lipinski definition) is 5. The van der Waals surface area contributed by atoms with Crippen molar-refractivity contribution in [1.29, 1.82) is 0 Å². The number of piperidine rings is 1. The van der Waals surface area contributed by atoms with Crippen LogP contribution in [0.2, 0.25) is 0 Å². The van der Waals surface area contributed by atoms with Crippen LogP contribution in [-0.2, 0) is 16.1 Å². The smallest absolute Gasteiger partial charge is 0.263 e. The highest BCUT2D eigenvalue weighted by molar-refractivity contribution is 7.12. The molecule has 0 radical (unpaired) electrons. The summed E-state index contributed by atoms with van der Waals surface area (Å²) in [5.74, 6) is -0.468. The lowest BCUT2D eigenvalue weighted by molar-refractivity contribution is -0.128. The summed E-state index contributed by atoms with van der Waals surface area (Å²) in [6.07, 6.45) is 0.897. The molecule has 3 aromatic rings. The number of likely N-dealkylation sites (tertiary alicyclic amines) is 1. The van der Waals surface area contributed by atoms with Crippen LogP contribution in [-0.4, -0.2) is 59.0 Å². The molecule has 0 saturated carbocycles. The van der Waals surface area contributed by atoms with E-state index in [4.69, 9.17) is 4.74 Å². The third-order valence-electron chi connectivity index (χ3n) is 7.03. The maximum atomic E-state index is 13.9. The molecule has 2 saturated heterocycles. The molecule has 1 N–H and O–H groups in total. The molecule has 3 heterocycles. The summed E-state index contributed by atoms with van der Waals surface area (Å²) < 4.78 is 6.29. The lowest BCUT2D eigenvalue weighted by Gasteiger charge is -2.44. The Labute approximate surface area is 214 Å². The fourth-order valence-corrected chi connectivity index (χ4v) is 5.72. The lowest BCUT2D eigenvalue weighted by atomic mass is 9.95. The quantitative estimate of drug-likeness (QED) is 0.574. The fourth-order valence-electron chi connectivity index (χ4n) is 5.03. The van der Waals surface area contributed by atoms with E-state index in [0.29, 0.717) is 42.9 Å². The van der Waals surface area contributed by atoms with Crippen molar-refractivity contribution in [2.24, 2.45) is 0 Å². The first-order valence-corrected chi connectivity index (χ1v) is 13.0. The van der Waals surface area contributed by atoms with Crippen LogP contribution >= 0.6 is 11.3 Å². The molecule has 2 aliphatic heterocycles. The van der Waals surface area contributed by atoms with Gasteiger partial charge in [-0.3, -0.25) is 19.3 Å². The lowest BCUT2D eigenvalue weighted by Crippen LogP contribution is -2.59. The summed E-state index contributed by atoms with van der Waals surface area (Å²) >= 11 is 1.42. The van der Waals surface area contributed by atoms with E-state index in [-0.39, 0.29) is 24.3 Å². The number of aryl methyl sites for hydroxylation is 1. The molecule has 0 bridgehead atoms. The van der Waals surface area contributed by atoms with E-state index in [0.717, 1.165) is 11.1 Å². The molecule has 1 unspecified atom stereocenters. The maximum Gasteiger partial charge on any atom is 0.263 e. The number of rotatable bonds is 5. The Kier molecular flexibility index (Phi) is 6.89. The van der Waals surface area contributed by atoms with Gasteiger partial charge in [-0.2, -0.15) is 0 Å². The summed E-state index contributed by atoms with van der Waals surface area (Å²) in [4.78, 5) is 44.3. The molecule has 1 atom stereocenters. The van der Waals surface area contributed by atoms with Crippen molar-refractivity contribution in [1.82, 2.24) is 15.1 Å². The predicted molar refractivity (Wildman–Crippen MR) is 138 cm³/mol. The van der Waals surface area contributed by atoms with Gasteiger partial charge in [-0.25, -0.2) is 0 Å². The SMILES string of the molecule is Cc1ccccc1C(=O)N1C(C(=O)NCc2ccccc2)COC12CCN(C(=O)c1cccs1)CC2. The predicted octanol–water partition coefficient (Wildman–Crippen LogP) is 3.85. The second-order valence-corrected chi connectivity index (χ2v) is 10.2. The van der Waals surface area contributed by atoms with Crippen LogP contribution < -0.4 is 5.32 Å². The van der Waals surface area contributed by atoms with E-state index in [1.807, 2.05) is 73.0 Å². The van der Waals surface area contributed by atoms with Gasteiger partial charge >= 0.3 is 0 Å². The minimum atomic E-state index is -0.930. The van der Waals surface area contributed by atoms with Gasteiger partial charge in [0.15, 0.2) is 0 Å². The second kappa shape index (κ2) is 10.2. The number of nitrogens with zero attached hydrogens (tertiary/aromatic N) is 2. The normalized spacial score (nSPS) is 18.9. The van der Waals surface area contributed by atoms with Crippen molar-refractivity contribution in [2.45, 2.75) is 38.1 Å². The zero-order chi connectivity index (χ0) is 25.1. The van der Waals surface area contributed by atoms with E-state index in [1.54, 1.807) is 15.9 Å². The van der Waals surface area contributed by atoms with Crippen LogP contribution in [0.4, 0.5) is 0 Å². The number of ether oxygens (including phenoxy) is 1. The summed E-state index contributed by atoms with van der Waals surface area (Å²) in [5.41, 5.74) is 1.45. The van der Waals surface area contributed by atoms with Crippen LogP contribution in [0.3, 0.4) is 0 Å². The zero-order valence-corrected chi connectivity index (χ0v) is 21.0. The van der Waals surface area contributed by atoms with Gasteiger partial charge in [-0.1, -0.05) is 54.6 Å². The molecule has 5 rings (SSSR count). The van der Waals surface area contributed by atoms with E-state index in [2.05, 4.69) is 5.32 Å². The molecule has 7 nitrogen and oxygen atoms in total. The highest BCUT2D eigenvalue weighted by Crippen LogP contribution is 2.39. The van der Waals surface area contributed by atoms with Gasteiger partial charge in [0.05, 0.1) is 11.5 Å². The Morgan fingerprint density at radius 3 is 2.39 bits per heavy atom. The summed E-state index contributed by atoms with van der Waals surface area (Å²) in [6, 6.07) is 20.0. The second-order valence-electron chi connectivity index (χ2n) is 9.24. The first-order chi connectivity index (χ1) is 17.5. The first-order valence-electron chi connectivity index (χ1n) is 12.2. The Morgan fingerprint density at radius 1 is 0.972 bits per heavy atom. The van der Waals surface area contributed by atoms with Crippen LogP contribution in [0.1, 0.15) is 44.0 Å². The molecule has 2 fully saturated rings. The number of carbonyl (C=O) groups is 3. The van der Waals surface area contributed by atoms with Crippen LogP contribution in [0.5, 0.6) is 0 Å². The average Bonchev–Trinajstić information content (AvgIpc) is 3.57. The highest BCUT2D eigenvalue weighted by atomic mass is 32.1. The minimum absolute atomic E-state index is 0.00761. The van der Waals surface area contributed by atoms with Crippen molar-refractivity contribution >= 4 is 29.1 Å². The minimum Gasteiger partial charge on any atom is -0.353 e.